The molecule has 3 aromatic carbocycles. The number of aryl methyl sites for hydroxylation is 1. The second-order valence-corrected chi connectivity index (χ2v) is 7.62. The molecule has 2 aromatic heterocycles. The number of fused-ring (bicyclic) bond motifs is 1. The molecule has 0 atom stereocenters. The van der Waals surface area contributed by atoms with Crippen LogP contribution < -0.4 is 10.1 Å². The molecule has 0 aliphatic carbocycles. The molecule has 0 aliphatic heterocycles. The van der Waals surface area contributed by atoms with Crippen molar-refractivity contribution < 1.29 is 4.74 Å². The fourth-order valence-corrected chi connectivity index (χ4v) is 3.83. The van der Waals surface area contributed by atoms with E-state index in [1.54, 1.807) is 6.33 Å². The molecule has 0 fully saturated rings. The van der Waals surface area contributed by atoms with E-state index in [9.17, 15) is 0 Å². The normalized spacial score (nSPS) is 10.9. The predicted molar refractivity (Wildman–Crippen MR) is 130 cm³/mol. The molecule has 2 heterocycles. The molecule has 0 unspecified atom stereocenters. The number of hydrogen-bond acceptors (Lipinski definition) is 4. The van der Waals surface area contributed by atoms with Crippen LogP contribution >= 0.6 is 0 Å². The van der Waals surface area contributed by atoms with Crippen molar-refractivity contribution in [1.82, 2.24) is 14.5 Å². The fourth-order valence-electron chi connectivity index (χ4n) is 3.83. The summed E-state index contributed by atoms with van der Waals surface area (Å²) in [6, 6.07) is 26.7. The van der Waals surface area contributed by atoms with Gasteiger partial charge in [-0.1, -0.05) is 48.0 Å². The quantitative estimate of drug-likeness (QED) is 0.339. The lowest BCUT2D eigenvalue weighted by Gasteiger charge is -2.10. The summed E-state index contributed by atoms with van der Waals surface area (Å²) in [7, 11) is 0. The second-order valence-electron chi connectivity index (χ2n) is 7.62. The van der Waals surface area contributed by atoms with Crippen LogP contribution in [0.2, 0.25) is 0 Å². The van der Waals surface area contributed by atoms with Gasteiger partial charge in [0.1, 0.15) is 17.9 Å². The van der Waals surface area contributed by atoms with Gasteiger partial charge >= 0.3 is 0 Å². The molecule has 0 spiro atoms. The minimum absolute atomic E-state index is 0.645. The van der Waals surface area contributed by atoms with Gasteiger partial charge in [-0.3, -0.25) is 0 Å². The van der Waals surface area contributed by atoms with Crippen molar-refractivity contribution in [2.24, 2.45) is 0 Å². The van der Waals surface area contributed by atoms with E-state index in [0.717, 1.165) is 45.1 Å². The van der Waals surface area contributed by atoms with Crippen molar-refractivity contribution in [2.45, 2.75) is 13.8 Å². The Morgan fingerprint density at radius 1 is 0.875 bits per heavy atom. The van der Waals surface area contributed by atoms with Crippen molar-refractivity contribution >= 4 is 22.5 Å². The van der Waals surface area contributed by atoms with E-state index >= 15 is 0 Å². The summed E-state index contributed by atoms with van der Waals surface area (Å²) < 4.78 is 7.69. The average Bonchev–Trinajstić information content (AvgIpc) is 3.22. The standard InChI is InChI=1S/C27H24N4O/c1-3-32-23-15-11-21(12-16-23)30-26-25-24(20-7-5-4-6-8-20)17-31(27(25)29-18-28-26)22-13-9-19(2)10-14-22/h4-18H,3H2,1-2H3,(H,28,29,30). The molecule has 0 radical (unpaired) electrons. The number of benzene rings is 3. The van der Waals surface area contributed by atoms with Gasteiger partial charge in [0.15, 0.2) is 5.65 Å². The summed E-state index contributed by atoms with van der Waals surface area (Å²) in [5.74, 6) is 1.62. The number of rotatable bonds is 6. The highest BCUT2D eigenvalue weighted by molar-refractivity contribution is 6.03. The van der Waals surface area contributed by atoms with E-state index in [4.69, 9.17) is 4.74 Å². The zero-order valence-corrected chi connectivity index (χ0v) is 18.1. The lowest BCUT2D eigenvalue weighted by molar-refractivity contribution is 0.340. The van der Waals surface area contributed by atoms with Gasteiger partial charge in [-0.25, -0.2) is 9.97 Å². The highest BCUT2D eigenvalue weighted by atomic mass is 16.5. The Morgan fingerprint density at radius 2 is 1.62 bits per heavy atom. The summed E-state index contributed by atoms with van der Waals surface area (Å²) in [5.41, 5.74) is 6.28. The number of hydrogen-bond donors (Lipinski definition) is 1. The van der Waals surface area contributed by atoms with Crippen LogP contribution in [0.4, 0.5) is 11.5 Å². The first-order chi connectivity index (χ1) is 15.7. The zero-order chi connectivity index (χ0) is 21.9. The van der Waals surface area contributed by atoms with Gasteiger partial charge < -0.3 is 14.6 Å². The van der Waals surface area contributed by atoms with Gasteiger partial charge in [-0.15, -0.1) is 0 Å². The van der Waals surface area contributed by atoms with Crippen LogP contribution in [0, 0.1) is 6.92 Å². The first-order valence-electron chi connectivity index (χ1n) is 10.7. The number of anilines is 2. The SMILES string of the molecule is CCOc1ccc(Nc2ncnc3c2c(-c2ccccc2)cn3-c2ccc(C)cc2)cc1. The van der Waals surface area contributed by atoms with Crippen molar-refractivity contribution in [3.05, 3.63) is 97.0 Å². The van der Waals surface area contributed by atoms with Gasteiger partial charge in [0.2, 0.25) is 0 Å². The maximum absolute atomic E-state index is 5.56. The number of ether oxygens (including phenoxy) is 1. The molecular formula is C27H24N4O. The lowest BCUT2D eigenvalue weighted by Crippen LogP contribution is -1.98. The predicted octanol–water partition coefficient (Wildman–Crippen LogP) is 6.54. The summed E-state index contributed by atoms with van der Waals surface area (Å²) in [5, 5.41) is 4.46. The second kappa shape index (κ2) is 8.55. The van der Waals surface area contributed by atoms with E-state index in [1.165, 1.54) is 5.56 Å². The van der Waals surface area contributed by atoms with Gasteiger partial charge in [-0.2, -0.15) is 0 Å². The third-order valence-corrected chi connectivity index (χ3v) is 5.41. The molecule has 0 saturated carbocycles. The zero-order valence-electron chi connectivity index (χ0n) is 18.1. The van der Waals surface area contributed by atoms with Crippen LogP contribution in [0.25, 0.3) is 27.8 Å². The number of aromatic nitrogens is 3. The monoisotopic (exact) mass is 420 g/mol. The van der Waals surface area contributed by atoms with E-state index in [-0.39, 0.29) is 0 Å². The smallest absolute Gasteiger partial charge is 0.150 e. The largest absolute Gasteiger partial charge is 0.494 e. The molecule has 5 aromatic rings. The van der Waals surface area contributed by atoms with Crippen LogP contribution in [-0.2, 0) is 0 Å². The molecule has 0 aliphatic rings. The first kappa shape index (κ1) is 19.8. The molecule has 158 valence electrons. The van der Waals surface area contributed by atoms with Crippen molar-refractivity contribution in [1.29, 1.82) is 0 Å². The van der Waals surface area contributed by atoms with Gasteiger partial charge in [-0.05, 0) is 55.8 Å². The van der Waals surface area contributed by atoms with Crippen molar-refractivity contribution in [2.75, 3.05) is 11.9 Å². The van der Waals surface area contributed by atoms with Crippen molar-refractivity contribution in [3.8, 4) is 22.6 Å². The van der Waals surface area contributed by atoms with Gasteiger partial charge in [0.25, 0.3) is 0 Å². The number of nitrogens with one attached hydrogen (secondary N) is 1. The van der Waals surface area contributed by atoms with E-state index in [0.29, 0.717) is 6.61 Å². The van der Waals surface area contributed by atoms with Gasteiger partial charge in [0, 0.05) is 23.1 Å². The maximum atomic E-state index is 5.56. The van der Waals surface area contributed by atoms with E-state index in [2.05, 4.69) is 69.4 Å². The molecule has 0 amide bonds. The first-order valence-corrected chi connectivity index (χ1v) is 10.7. The Labute approximate surface area is 187 Å². The summed E-state index contributed by atoms with van der Waals surface area (Å²) in [6.07, 6.45) is 3.75. The third kappa shape index (κ3) is 3.81. The fraction of sp³-hybridized carbons (Fsp3) is 0.111. The van der Waals surface area contributed by atoms with E-state index in [1.807, 2.05) is 49.4 Å². The molecule has 5 heteroatoms. The number of nitrogens with zero attached hydrogens (tertiary/aromatic N) is 3. The summed E-state index contributed by atoms with van der Waals surface area (Å²) >= 11 is 0. The Morgan fingerprint density at radius 3 is 2.34 bits per heavy atom. The topological polar surface area (TPSA) is 52.0 Å². The van der Waals surface area contributed by atoms with Crippen LogP contribution in [0.5, 0.6) is 5.75 Å². The maximum Gasteiger partial charge on any atom is 0.150 e. The molecule has 0 bridgehead atoms. The van der Waals surface area contributed by atoms with Crippen LogP contribution in [0.1, 0.15) is 12.5 Å². The third-order valence-electron chi connectivity index (χ3n) is 5.41. The van der Waals surface area contributed by atoms with E-state index < -0.39 is 0 Å². The Hall–Kier alpha value is -4.12. The Balaban J connectivity index is 1.66. The Kier molecular flexibility index (Phi) is 5.30. The highest BCUT2D eigenvalue weighted by Gasteiger charge is 2.17. The van der Waals surface area contributed by atoms with Crippen molar-refractivity contribution in [3.63, 3.8) is 0 Å². The van der Waals surface area contributed by atoms with Crippen LogP contribution in [0.15, 0.2) is 91.4 Å². The molecule has 5 rings (SSSR count). The lowest BCUT2D eigenvalue weighted by atomic mass is 10.1. The molecule has 5 nitrogen and oxygen atoms in total. The van der Waals surface area contributed by atoms with Crippen LogP contribution in [-0.4, -0.2) is 21.1 Å². The molecular weight excluding hydrogens is 396 g/mol. The minimum Gasteiger partial charge on any atom is -0.494 e. The molecule has 1 N–H and O–H groups in total. The summed E-state index contributed by atoms with van der Waals surface area (Å²) in [6.45, 7) is 4.72. The molecule has 32 heavy (non-hydrogen) atoms. The average molecular weight is 421 g/mol. The molecule has 0 saturated heterocycles. The highest BCUT2D eigenvalue weighted by Crippen LogP contribution is 2.36. The van der Waals surface area contributed by atoms with Gasteiger partial charge in [0.05, 0.1) is 12.0 Å². The van der Waals surface area contributed by atoms with Crippen LogP contribution in [0.3, 0.4) is 0 Å². The summed E-state index contributed by atoms with van der Waals surface area (Å²) in [4.78, 5) is 9.26. The Bertz CT molecular complexity index is 1340. The minimum atomic E-state index is 0.645.